The third-order valence-corrected chi connectivity index (χ3v) is 3.79. The van der Waals surface area contributed by atoms with Crippen LogP contribution < -0.4 is 14.8 Å². The summed E-state index contributed by atoms with van der Waals surface area (Å²) in [5, 5.41) is 2.71. The van der Waals surface area contributed by atoms with Crippen molar-refractivity contribution >= 4 is 11.7 Å². The van der Waals surface area contributed by atoms with Gasteiger partial charge in [0.15, 0.2) is 11.5 Å². The Balaban J connectivity index is 1.77. The van der Waals surface area contributed by atoms with Gasteiger partial charge in [0.05, 0.1) is 19.4 Å². The van der Waals surface area contributed by atoms with Crippen molar-refractivity contribution in [3.63, 3.8) is 0 Å². The van der Waals surface area contributed by atoms with Gasteiger partial charge in [-0.15, -0.1) is 0 Å². The van der Waals surface area contributed by atoms with Gasteiger partial charge in [-0.1, -0.05) is 6.07 Å². The normalized spacial score (nSPS) is 14.5. The van der Waals surface area contributed by atoms with Crippen LogP contribution in [0.1, 0.15) is 36.2 Å². The Morgan fingerprint density at radius 1 is 1.22 bits per heavy atom. The van der Waals surface area contributed by atoms with Crippen molar-refractivity contribution in [2.24, 2.45) is 0 Å². The lowest BCUT2D eigenvalue weighted by atomic mass is 10.2. The number of anilines is 1. The standard InChI is InChI=1S/C17H19N3O3/c1-22-15-11-19-13(10-14(15)23-12-6-2-3-7-12)17(21)20-16-8-4-5-9-18-16/h4-5,8-12H,2-3,6-7H2,1H3,(H,18,20,21). The zero-order valence-corrected chi connectivity index (χ0v) is 13.0. The van der Waals surface area contributed by atoms with Gasteiger partial charge >= 0.3 is 0 Å². The maximum absolute atomic E-state index is 12.3. The third-order valence-electron chi connectivity index (χ3n) is 3.79. The lowest BCUT2D eigenvalue weighted by Crippen LogP contribution is -2.16. The van der Waals surface area contributed by atoms with Crippen LogP contribution in [0.4, 0.5) is 5.82 Å². The predicted octanol–water partition coefficient (Wildman–Crippen LogP) is 3.06. The fourth-order valence-corrected chi connectivity index (χ4v) is 2.60. The number of nitrogens with one attached hydrogen (secondary N) is 1. The van der Waals surface area contributed by atoms with Gasteiger partial charge in [0.25, 0.3) is 5.91 Å². The highest BCUT2D eigenvalue weighted by Gasteiger charge is 2.20. The van der Waals surface area contributed by atoms with Crippen LogP contribution in [0.25, 0.3) is 0 Å². The van der Waals surface area contributed by atoms with E-state index in [2.05, 4.69) is 15.3 Å². The van der Waals surface area contributed by atoms with E-state index in [9.17, 15) is 4.79 Å². The Labute approximate surface area is 134 Å². The number of hydrogen-bond donors (Lipinski definition) is 1. The minimum atomic E-state index is -0.331. The molecule has 1 aliphatic rings. The van der Waals surface area contributed by atoms with E-state index in [-0.39, 0.29) is 17.7 Å². The summed E-state index contributed by atoms with van der Waals surface area (Å²) in [6.45, 7) is 0. The molecule has 1 N–H and O–H groups in total. The van der Waals surface area contributed by atoms with Crippen LogP contribution in [-0.2, 0) is 0 Å². The van der Waals surface area contributed by atoms with Crippen molar-refractivity contribution in [2.75, 3.05) is 12.4 Å². The minimum Gasteiger partial charge on any atom is -0.491 e. The molecule has 1 amide bonds. The highest BCUT2D eigenvalue weighted by Crippen LogP contribution is 2.31. The van der Waals surface area contributed by atoms with Crippen molar-refractivity contribution in [3.05, 3.63) is 42.4 Å². The molecule has 2 aromatic heterocycles. The van der Waals surface area contributed by atoms with Crippen LogP contribution in [0.15, 0.2) is 36.7 Å². The molecular weight excluding hydrogens is 294 g/mol. The number of hydrogen-bond acceptors (Lipinski definition) is 5. The summed E-state index contributed by atoms with van der Waals surface area (Å²) in [6.07, 6.45) is 7.71. The zero-order chi connectivity index (χ0) is 16.1. The fraction of sp³-hybridized carbons (Fsp3) is 0.353. The molecule has 2 aromatic rings. The topological polar surface area (TPSA) is 73.3 Å². The first kappa shape index (κ1) is 15.3. The van der Waals surface area contributed by atoms with Crippen molar-refractivity contribution < 1.29 is 14.3 Å². The molecule has 0 unspecified atom stereocenters. The SMILES string of the molecule is COc1cnc(C(=O)Nc2ccccn2)cc1OC1CCCC1. The Bertz CT molecular complexity index is 670. The van der Waals surface area contributed by atoms with Crippen molar-refractivity contribution in [3.8, 4) is 11.5 Å². The van der Waals surface area contributed by atoms with Gasteiger partial charge < -0.3 is 14.8 Å². The molecular formula is C17H19N3O3. The highest BCUT2D eigenvalue weighted by atomic mass is 16.5. The number of nitrogens with zero attached hydrogens (tertiary/aromatic N) is 2. The summed E-state index contributed by atoms with van der Waals surface area (Å²) < 4.78 is 11.3. The van der Waals surface area contributed by atoms with Crippen LogP contribution in [-0.4, -0.2) is 29.1 Å². The first-order valence-corrected chi connectivity index (χ1v) is 7.69. The van der Waals surface area contributed by atoms with Crippen molar-refractivity contribution in [1.82, 2.24) is 9.97 Å². The predicted molar refractivity (Wildman–Crippen MR) is 85.9 cm³/mol. The Kier molecular flexibility index (Phi) is 4.71. The average molecular weight is 313 g/mol. The van der Waals surface area contributed by atoms with Gasteiger partial charge in [0.2, 0.25) is 0 Å². The van der Waals surface area contributed by atoms with Gasteiger partial charge in [-0.3, -0.25) is 4.79 Å². The maximum atomic E-state index is 12.3. The van der Waals surface area contributed by atoms with Crippen LogP contribution in [0.2, 0.25) is 0 Å². The van der Waals surface area contributed by atoms with E-state index in [1.54, 1.807) is 37.6 Å². The van der Waals surface area contributed by atoms with Gasteiger partial charge in [0.1, 0.15) is 11.5 Å². The number of methoxy groups -OCH3 is 1. The minimum absolute atomic E-state index is 0.179. The molecule has 0 aliphatic heterocycles. The Morgan fingerprint density at radius 3 is 2.74 bits per heavy atom. The monoisotopic (exact) mass is 313 g/mol. The third kappa shape index (κ3) is 3.77. The second-order valence-corrected chi connectivity index (χ2v) is 5.41. The molecule has 1 fully saturated rings. The van der Waals surface area contributed by atoms with Crippen molar-refractivity contribution in [1.29, 1.82) is 0 Å². The van der Waals surface area contributed by atoms with E-state index in [1.165, 1.54) is 19.0 Å². The van der Waals surface area contributed by atoms with Gasteiger partial charge in [-0.2, -0.15) is 0 Å². The zero-order valence-electron chi connectivity index (χ0n) is 13.0. The lowest BCUT2D eigenvalue weighted by molar-refractivity contribution is 0.102. The molecule has 23 heavy (non-hydrogen) atoms. The lowest BCUT2D eigenvalue weighted by Gasteiger charge is -2.16. The van der Waals surface area contributed by atoms with Gasteiger partial charge in [0, 0.05) is 12.3 Å². The van der Waals surface area contributed by atoms with E-state index in [4.69, 9.17) is 9.47 Å². The van der Waals surface area contributed by atoms with Crippen molar-refractivity contribution in [2.45, 2.75) is 31.8 Å². The molecule has 0 radical (unpaired) electrons. The summed E-state index contributed by atoms with van der Waals surface area (Å²) in [7, 11) is 1.56. The highest BCUT2D eigenvalue weighted by molar-refractivity contribution is 6.02. The van der Waals surface area contributed by atoms with Gasteiger partial charge in [-0.25, -0.2) is 9.97 Å². The first-order chi connectivity index (χ1) is 11.3. The number of pyridine rings is 2. The smallest absolute Gasteiger partial charge is 0.275 e. The molecule has 1 saturated carbocycles. The molecule has 6 heteroatoms. The molecule has 120 valence electrons. The molecule has 0 spiro atoms. The van der Waals surface area contributed by atoms with E-state index in [0.29, 0.717) is 17.3 Å². The van der Waals surface area contributed by atoms with Gasteiger partial charge in [-0.05, 0) is 37.8 Å². The van der Waals surface area contributed by atoms with Crippen LogP contribution in [0.3, 0.4) is 0 Å². The van der Waals surface area contributed by atoms with E-state index >= 15 is 0 Å². The maximum Gasteiger partial charge on any atom is 0.275 e. The van der Waals surface area contributed by atoms with E-state index < -0.39 is 0 Å². The number of rotatable bonds is 5. The summed E-state index contributed by atoms with van der Waals surface area (Å²) >= 11 is 0. The average Bonchev–Trinajstić information content (AvgIpc) is 3.09. The van der Waals surface area contributed by atoms with Crippen LogP contribution >= 0.6 is 0 Å². The summed E-state index contributed by atoms with van der Waals surface area (Å²) in [4.78, 5) is 20.5. The largest absolute Gasteiger partial charge is 0.491 e. The summed E-state index contributed by atoms with van der Waals surface area (Å²) in [6, 6.07) is 6.93. The number of aromatic nitrogens is 2. The second kappa shape index (κ2) is 7.09. The molecule has 6 nitrogen and oxygen atoms in total. The quantitative estimate of drug-likeness (QED) is 0.918. The Morgan fingerprint density at radius 2 is 2.04 bits per heavy atom. The van der Waals surface area contributed by atoms with E-state index in [1.807, 2.05) is 0 Å². The van der Waals surface area contributed by atoms with E-state index in [0.717, 1.165) is 12.8 Å². The van der Waals surface area contributed by atoms with Crippen LogP contribution in [0, 0.1) is 0 Å². The Hall–Kier alpha value is -2.63. The first-order valence-electron chi connectivity index (χ1n) is 7.69. The molecule has 1 aliphatic carbocycles. The molecule has 2 heterocycles. The number of ether oxygens (including phenoxy) is 2. The molecule has 0 bridgehead atoms. The number of carbonyl (C=O) groups is 1. The molecule has 0 atom stereocenters. The molecule has 0 aromatic carbocycles. The van der Waals surface area contributed by atoms with Crippen LogP contribution in [0.5, 0.6) is 11.5 Å². The molecule has 3 rings (SSSR count). The number of amides is 1. The fourth-order valence-electron chi connectivity index (χ4n) is 2.60. The number of carbonyl (C=O) groups excluding carboxylic acids is 1. The summed E-state index contributed by atoms with van der Waals surface area (Å²) in [5.41, 5.74) is 0.268. The summed E-state index contributed by atoms with van der Waals surface area (Å²) in [5.74, 6) is 1.24. The second-order valence-electron chi connectivity index (χ2n) is 5.41. The molecule has 0 saturated heterocycles.